The number of rotatable bonds is 5. The van der Waals surface area contributed by atoms with Gasteiger partial charge in [0.25, 0.3) is 5.91 Å². The van der Waals surface area contributed by atoms with Crippen LogP contribution in [0.25, 0.3) is 0 Å². The van der Waals surface area contributed by atoms with Gasteiger partial charge in [-0.05, 0) is 48.1 Å². The van der Waals surface area contributed by atoms with E-state index in [2.05, 4.69) is 10.3 Å². The second-order valence-electron chi connectivity index (χ2n) is 6.57. The standard InChI is InChI=1S/C21H16ClN3O3S/c22-15-6-3-13(4-7-15)12-25-20(27)17-8-5-14(10-18(17)24-21(25)29)19(26)23-11-16-2-1-9-28-16/h1-10,17H,11-12H2,(H,23,26). The Morgan fingerprint density at radius 3 is 2.79 bits per heavy atom. The quantitative estimate of drug-likeness (QED) is 0.745. The molecule has 1 aliphatic carbocycles. The van der Waals surface area contributed by atoms with E-state index >= 15 is 0 Å². The summed E-state index contributed by atoms with van der Waals surface area (Å²) < 4.78 is 5.20. The maximum atomic E-state index is 12.9. The van der Waals surface area contributed by atoms with Crippen LogP contribution in [-0.2, 0) is 22.7 Å². The first-order valence-corrected chi connectivity index (χ1v) is 9.69. The predicted octanol–water partition coefficient (Wildman–Crippen LogP) is 3.43. The van der Waals surface area contributed by atoms with Crippen LogP contribution in [0, 0.1) is 5.92 Å². The molecule has 0 saturated carbocycles. The fraction of sp³-hybridized carbons (Fsp3) is 0.143. The van der Waals surface area contributed by atoms with E-state index in [-0.39, 0.29) is 23.5 Å². The molecule has 0 radical (unpaired) electrons. The summed E-state index contributed by atoms with van der Waals surface area (Å²) in [5, 5.41) is 3.58. The highest BCUT2D eigenvalue weighted by Gasteiger charge is 2.35. The van der Waals surface area contributed by atoms with Crippen molar-refractivity contribution in [3.63, 3.8) is 0 Å². The second-order valence-corrected chi connectivity index (χ2v) is 7.37. The van der Waals surface area contributed by atoms with Crippen LogP contribution in [0.5, 0.6) is 0 Å². The molecule has 29 heavy (non-hydrogen) atoms. The summed E-state index contributed by atoms with van der Waals surface area (Å²) in [7, 11) is 0. The van der Waals surface area contributed by atoms with Crippen molar-refractivity contribution in [2.24, 2.45) is 10.9 Å². The first kappa shape index (κ1) is 19.3. The summed E-state index contributed by atoms with van der Waals surface area (Å²) in [6.45, 7) is 0.593. The maximum Gasteiger partial charge on any atom is 0.251 e. The third-order valence-electron chi connectivity index (χ3n) is 4.60. The summed E-state index contributed by atoms with van der Waals surface area (Å²) >= 11 is 11.2. The Kier molecular flexibility index (Phi) is 5.42. The second kappa shape index (κ2) is 8.14. The number of benzene rings is 1. The van der Waals surface area contributed by atoms with Gasteiger partial charge in [-0.15, -0.1) is 0 Å². The normalized spacial score (nSPS) is 18.2. The van der Waals surface area contributed by atoms with Gasteiger partial charge in [0.1, 0.15) is 5.76 Å². The van der Waals surface area contributed by atoms with Crippen LogP contribution < -0.4 is 5.32 Å². The van der Waals surface area contributed by atoms with Crippen molar-refractivity contribution in [2.75, 3.05) is 0 Å². The van der Waals surface area contributed by atoms with E-state index in [0.717, 1.165) is 5.56 Å². The number of nitrogens with one attached hydrogen (secondary N) is 1. The van der Waals surface area contributed by atoms with E-state index in [4.69, 9.17) is 28.2 Å². The minimum atomic E-state index is -0.560. The molecule has 1 aliphatic heterocycles. The van der Waals surface area contributed by atoms with E-state index in [1.54, 1.807) is 48.8 Å². The third kappa shape index (κ3) is 4.21. The minimum Gasteiger partial charge on any atom is -0.467 e. The Morgan fingerprint density at radius 2 is 2.07 bits per heavy atom. The highest BCUT2D eigenvalue weighted by molar-refractivity contribution is 7.80. The lowest BCUT2D eigenvalue weighted by atomic mass is 9.91. The molecule has 2 aliphatic rings. The van der Waals surface area contributed by atoms with Gasteiger partial charge in [-0.25, -0.2) is 4.99 Å². The number of aliphatic imine (C=N–C) groups is 1. The Labute approximate surface area is 177 Å². The molecule has 0 fully saturated rings. The monoisotopic (exact) mass is 425 g/mol. The van der Waals surface area contributed by atoms with Crippen LogP contribution in [0.2, 0.25) is 5.02 Å². The van der Waals surface area contributed by atoms with Crippen LogP contribution in [0.15, 0.2) is 75.9 Å². The van der Waals surface area contributed by atoms with Crippen molar-refractivity contribution < 1.29 is 14.0 Å². The molecule has 1 unspecified atom stereocenters. The average molecular weight is 426 g/mol. The van der Waals surface area contributed by atoms with Crippen molar-refractivity contribution in [3.05, 3.63) is 82.8 Å². The number of furan rings is 1. The first-order chi connectivity index (χ1) is 14.0. The van der Waals surface area contributed by atoms with Crippen molar-refractivity contribution in [1.82, 2.24) is 10.2 Å². The smallest absolute Gasteiger partial charge is 0.251 e. The number of nitrogens with zero attached hydrogens (tertiary/aromatic N) is 2. The molecule has 1 N–H and O–H groups in total. The molecule has 0 bridgehead atoms. The number of carbonyl (C=O) groups is 2. The van der Waals surface area contributed by atoms with E-state index in [0.29, 0.717) is 28.6 Å². The molecule has 8 heteroatoms. The number of hydrogen-bond donors (Lipinski definition) is 1. The fourth-order valence-corrected chi connectivity index (χ4v) is 3.47. The van der Waals surface area contributed by atoms with E-state index in [1.165, 1.54) is 4.90 Å². The van der Waals surface area contributed by atoms with Gasteiger partial charge < -0.3 is 9.73 Å². The van der Waals surface area contributed by atoms with Crippen molar-refractivity contribution >= 4 is 46.5 Å². The van der Waals surface area contributed by atoms with Gasteiger partial charge in [0.2, 0.25) is 11.0 Å². The van der Waals surface area contributed by atoms with Gasteiger partial charge in [-0.2, -0.15) is 0 Å². The molecule has 6 nitrogen and oxygen atoms in total. The minimum absolute atomic E-state index is 0.169. The molecule has 0 saturated heterocycles. The molecular weight excluding hydrogens is 410 g/mol. The van der Waals surface area contributed by atoms with E-state index in [1.807, 2.05) is 12.1 Å². The van der Waals surface area contributed by atoms with E-state index in [9.17, 15) is 9.59 Å². The number of amides is 2. The van der Waals surface area contributed by atoms with Gasteiger partial charge >= 0.3 is 0 Å². The number of halogens is 1. The van der Waals surface area contributed by atoms with Crippen LogP contribution >= 0.6 is 23.8 Å². The zero-order chi connectivity index (χ0) is 20.4. The molecular formula is C21H16ClN3O3S. The molecule has 1 aromatic heterocycles. The predicted molar refractivity (Wildman–Crippen MR) is 113 cm³/mol. The van der Waals surface area contributed by atoms with Gasteiger partial charge in [-0.3, -0.25) is 14.5 Å². The van der Waals surface area contributed by atoms with E-state index < -0.39 is 5.92 Å². The van der Waals surface area contributed by atoms with Gasteiger partial charge in [-0.1, -0.05) is 35.9 Å². The Hall–Kier alpha value is -3.03. The highest BCUT2D eigenvalue weighted by atomic mass is 35.5. The van der Waals surface area contributed by atoms with Crippen LogP contribution in [0.1, 0.15) is 11.3 Å². The number of thiocarbonyl (C=S) groups is 1. The molecule has 2 aromatic rings. The summed E-state index contributed by atoms with van der Waals surface area (Å²) in [6, 6.07) is 10.7. The topological polar surface area (TPSA) is 74.9 Å². The molecule has 4 rings (SSSR count). The van der Waals surface area contributed by atoms with Gasteiger partial charge in [0.05, 0.1) is 31.0 Å². The highest BCUT2D eigenvalue weighted by Crippen LogP contribution is 2.24. The Balaban J connectivity index is 1.48. The maximum absolute atomic E-state index is 12.9. The Bertz CT molecular complexity index is 1060. The van der Waals surface area contributed by atoms with Crippen molar-refractivity contribution in [2.45, 2.75) is 13.1 Å². The summed E-state index contributed by atoms with van der Waals surface area (Å²) in [4.78, 5) is 31.2. The lowest BCUT2D eigenvalue weighted by molar-refractivity contribution is -0.129. The summed E-state index contributed by atoms with van der Waals surface area (Å²) in [5.74, 6) is -0.352. The van der Waals surface area contributed by atoms with Gasteiger partial charge in [0, 0.05) is 10.6 Å². The SMILES string of the molecule is O=C(NCc1ccco1)C1=CC2=NC(=S)N(Cc3ccc(Cl)cc3)C(=O)C2C=C1. The van der Waals surface area contributed by atoms with Crippen LogP contribution in [0.4, 0.5) is 0 Å². The number of hydrogen-bond acceptors (Lipinski definition) is 4. The zero-order valence-corrected chi connectivity index (χ0v) is 16.7. The molecule has 1 atom stereocenters. The third-order valence-corrected chi connectivity index (χ3v) is 5.16. The van der Waals surface area contributed by atoms with Crippen LogP contribution in [-0.4, -0.2) is 27.5 Å². The lowest BCUT2D eigenvalue weighted by Crippen LogP contribution is -2.45. The lowest BCUT2D eigenvalue weighted by Gasteiger charge is -2.31. The first-order valence-electron chi connectivity index (χ1n) is 8.90. The largest absolute Gasteiger partial charge is 0.467 e. The number of fused-ring (bicyclic) bond motifs is 1. The summed E-state index contributed by atoms with van der Waals surface area (Å²) in [6.07, 6.45) is 6.46. The molecule has 0 spiro atoms. The number of allylic oxidation sites excluding steroid dienone is 1. The van der Waals surface area contributed by atoms with Crippen LogP contribution in [0.3, 0.4) is 0 Å². The fourth-order valence-electron chi connectivity index (χ4n) is 3.08. The Morgan fingerprint density at radius 1 is 1.28 bits per heavy atom. The zero-order valence-electron chi connectivity index (χ0n) is 15.2. The van der Waals surface area contributed by atoms with Crippen molar-refractivity contribution in [3.8, 4) is 0 Å². The average Bonchev–Trinajstić information content (AvgIpc) is 3.24. The number of carbonyl (C=O) groups excluding carboxylic acids is 2. The molecule has 2 heterocycles. The molecule has 146 valence electrons. The molecule has 2 amide bonds. The van der Waals surface area contributed by atoms with Crippen molar-refractivity contribution in [1.29, 1.82) is 0 Å². The molecule has 1 aromatic carbocycles. The van der Waals surface area contributed by atoms with Gasteiger partial charge in [0.15, 0.2) is 0 Å². The summed E-state index contributed by atoms with van der Waals surface area (Å²) in [5.41, 5.74) is 1.78.